The lowest BCUT2D eigenvalue weighted by Crippen LogP contribution is -2.62. The average Bonchev–Trinajstić information content (AvgIpc) is 0.810. The van der Waals surface area contributed by atoms with Crippen LogP contribution in [0.4, 0.5) is 0 Å². The predicted octanol–water partition coefficient (Wildman–Crippen LogP) is 1.39. The number of amides is 4. The summed E-state index contributed by atoms with van der Waals surface area (Å²) in [6.45, 7) is -0.300. The van der Waals surface area contributed by atoms with Gasteiger partial charge in [0.1, 0.15) is 91.5 Å². The van der Waals surface area contributed by atoms with Crippen LogP contribution < -0.4 is 16.0 Å². The number of carbonyl (C=O) groups excluding carboxylic acids is 6. The van der Waals surface area contributed by atoms with Gasteiger partial charge in [-0.2, -0.15) is 0 Å². The van der Waals surface area contributed by atoms with Crippen molar-refractivity contribution >= 4 is 35.6 Å². The van der Waals surface area contributed by atoms with E-state index in [0.29, 0.717) is 6.42 Å². The Bertz CT molecular complexity index is 2240. The molecule has 2 aliphatic heterocycles. The zero-order valence-electron chi connectivity index (χ0n) is 64.6. The van der Waals surface area contributed by atoms with Crippen molar-refractivity contribution in [3.63, 3.8) is 0 Å². The first-order chi connectivity index (χ1) is 51.9. The minimum absolute atomic E-state index is 0.00847. The van der Waals surface area contributed by atoms with E-state index in [2.05, 4.69) is 29.8 Å². The van der Waals surface area contributed by atoms with E-state index >= 15 is 0 Å². The molecule has 108 heavy (non-hydrogen) atoms. The maximum absolute atomic E-state index is 14.1. The Morgan fingerprint density at radius 1 is 0.407 bits per heavy atom. The minimum Gasteiger partial charge on any atom is -0.466 e. The molecule has 19 N–H and O–H groups in total. The standard InChI is InChI=1S/C76H142N4O28/c1-3-5-7-9-11-13-15-17-19-21-23-25-27-29-31-33-46-103-59(89)39-35-38-52(74(102)104-47-34-32-30-28-26-24-22-20-18-16-14-12-10-8-6-4-2)79-57(87)40-41-58(88)80(44-36-42-77-72(100)66(96)64(94)70(53(85)48-81)107-75-68(98)62(92)60(90)55(50-83)105-75)45-37-43-78-73(101)67(97)65(95)71(54(86)49-82)108-76-69(99)63(93)61(91)56(51-84)106-76/h52-56,60-71,75-76,81-86,90-99H,3-51H2,1-2H3,(H,77,100)(H,78,101)(H,79,87)/t52?,53?,54?,55-,56-,60-,61-,62+,63+,64?,65?,66?,67?,68-,69-,70?,71?,75+,76+/m1/s1. The molecule has 9 unspecified atom stereocenters. The minimum atomic E-state index is -2.43. The van der Waals surface area contributed by atoms with E-state index in [1.54, 1.807) is 0 Å². The van der Waals surface area contributed by atoms with Crippen molar-refractivity contribution in [2.24, 2.45) is 0 Å². The van der Waals surface area contributed by atoms with E-state index in [9.17, 15) is 110 Å². The summed E-state index contributed by atoms with van der Waals surface area (Å²) in [5.41, 5.74) is 0. The molecular weight excluding hydrogens is 1420 g/mol. The molecule has 0 aromatic heterocycles. The third kappa shape index (κ3) is 41.2. The summed E-state index contributed by atoms with van der Waals surface area (Å²) < 4.78 is 32.5. The highest BCUT2D eigenvalue weighted by molar-refractivity contribution is 5.87. The van der Waals surface area contributed by atoms with E-state index in [1.165, 1.54) is 153 Å². The van der Waals surface area contributed by atoms with Gasteiger partial charge in [0.25, 0.3) is 11.8 Å². The molecule has 0 aliphatic carbocycles. The summed E-state index contributed by atoms with van der Waals surface area (Å²) in [6.07, 6.45) is 0.310. The van der Waals surface area contributed by atoms with Crippen molar-refractivity contribution < 1.29 is 139 Å². The molecule has 0 radical (unpaired) electrons. The van der Waals surface area contributed by atoms with Crippen LogP contribution in [-0.4, -0.2) is 304 Å². The number of rotatable bonds is 67. The number of unbranched alkanes of at least 4 members (excludes halogenated alkanes) is 30. The molecule has 2 heterocycles. The number of hydrogen-bond acceptors (Lipinski definition) is 28. The van der Waals surface area contributed by atoms with Crippen molar-refractivity contribution in [2.75, 3.05) is 65.8 Å². The van der Waals surface area contributed by atoms with Gasteiger partial charge < -0.3 is 131 Å². The SMILES string of the molecule is CCCCCCCCCCCCCCCCCCOC(=O)CCCC(NC(=O)CCC(=O)N(CCCNC(=O)C(O)C(O)C(O[C@@H]1O[C@H](CO)[C@@H](O)[C@H](O)[C@H]1O)C(O)CO)CCCNC(=O)C(O)C(O)C(O[C@@H]1O[C@H](CO)[C@@H](O)[C@H](O)[C@H]1O)C(O)CO)C(=O)OCCCCCCCCCCCCCCCCCC. The van der Waals surface area contributed by atoms with Crippen molar-refractivity contribution in [3.8, 4) is 0 Å². The Morgan fingerprint density at radius 3 is 1.09 bits per heavy atom. The Labute approximate surface area is 639 Å². The van der Waals surface area contributed by atoms with Crippen molar-refractivity contribution in [2.45, 2.75) is 381 Å². The molecule has 0 aromatic carbocycles. The zero-order valence-corrected chi connectivity index (χ0v) is 64.6. The highest BCUT2D eigenvalue weighted by Gasteiger charge is 2.49. The number of ether oxygens (including phenoxy) is 6. The fraction of sp³-hybridized carbons (Fsp3) is 0.921. The van der Waals surface area contributed by atoms with Crippen LogP contribution >= 0.6 is 0 Å². The Morgan fingerprint density at radius 2 is 0.750 bits per heavy atom. The topological polar surface area (TPSA) is 521 Å². The van der Waals surface area contributed by atoms with Gasteiger partial charge in [-0.3, -0.25) is 24.0 Å². The summed E-state index contributed by atoms with van der Waals surface area (Å²) in [4.78, 5) is 82.2. The van der Waals surface area contributed by atoms with Crippen molar-refractivity contribution in [1.29, 1.82) is 0 Å². The molecule has 0 saturated carbocycles. The first kappa shape index (κ1) is 100. The van der Waals surface area contributed by atoms with Crippen molar-refractivity contribution in [3.05, 3.63) is 0 Å². The van der Waals surface area contributed by atoms with Crippen LogP contribution in [0.5, 0.6) is 0 Å². The first-order valence-electron chi connectivity index (χ1n) is 40.6. The van der Waals surface area contributed by atoms with Crippen LogP contribution in [0.3, 0.4) is 0 Å². The third-order valence-corrected chi connectivity index (χ3v) is 20.0. The monoisotopic (exact) mass is 1560 g/mol. The highest BCUT2D eigenvalue weighted by Crippen LogP contribution is 2.28. The normalized spacial score (nSPS) is 22.8. The second-order valence-electron chi connectivity index (χ2n) is 29.1. The quantitative estimate of drug-likeness (QED) is 0.0302. The van der Waals surface area contributed by atoms with Crippen LogP contribution in [-0.2, 0) is 57.2 Å². The second-order valence-corrected chi connectivity index (χ2v) is 29.1. The predicted molar refractivity (Wildman–Crippen MR) is 395 cm³/mol. The number of hydrogen-bond donors (Lipinski definition) is 19. The van der Waals surface area contributed by atoms with Gasteiger partial charge in [0.2, 0.25) is 11.8 Å². The molecule has 4 amide bonds. The number of aliphatic hydroxyl groups excluding tert-OH is 16. The van der Waals surface area contributed by atoms with Gasteiger partial charge in [0.05, 0.1) is 39.6 Å². The van der Waals surface area contributed by atoms with Gasteiger partial charge in [-0.15, -0.1) is 0 Å². The molecule has 2 aliphatic rings. The third-order valence-electron chi connectivity index (χ3n) is 20.0. The number of nitrogens with zero attached hydrogens (tertiary/aromatic N) is 1. The maximum Gasteiger partial charge on any atom is 0.328 e. The van der Waals surface area contributed by atoms with Gasteiger partial charge in [-0.05, 0) is 38.5 Å². The summed E-state index contributed by atoms with van der Waals surface area (Å²) in [7, 11) is 0. The maximum atomic E-state index is 14.1. The van der Waals surface area contributed by atoms with Crippen LogP contribution in [0.15, 0.2) is 0 Å². The van der Waals surface area contributed by atoms with E-state index in [1.807, 2.05) is 0 Å². The fourth-order valence-corrected chi connectivity index (χ4v) is 13.1. The fourth-order valence-electron chi connectivity index (χ4n) is 13.1. The molecule has 19 atom stereocenters. The lowest BCUT2D eigenvalue weighted by Gasteiger charge is -2.42. The highest BCUT2D eigenvalue weighted by atomic mass is 16.7. The first-order valence-corrected chi connectivity index (χ1v) is 40.6. The Balaban J connectivity index is 2.17. The molecule has 634 valence electrons. The zero-order chi connectivity index (χ0) is 80.0. The molecular formula is C76H142N4O28. The van der Waals surface area contributed by atoms with E-state index in [-0.39, 0.29) is 71.5 Å². The Hall–Kier alpha value is -3.98. The van der Waals surface area contributed by atoms with E-state index < -0.39 is 191 Å². The van der Waals surface area contributed by atoms with Gasteiger partial charge in [-0.1, -0.05) is 206 Å². The smallest absolute Gasteiger partial charge is 0.328 e. The Kier molecular flexibility index (Phi) is 57.0. The summed E-state index contributed by atoms with van der Waals surface area (Å²) >= 11 is 0. The molecule has 2 fully saturated rings. The average molecular weight is 1560 g/mol. The van der Waals surface area contributed by atoms with Crippen LogP contribution in [0.1, 0.15) is 264 Å². The number of carbonyl (C=O) groups is 6. The summed E-state index contributed by atoms with van der Waals surface area (Å²) in [5, 5.41) is 173. The molecule has 0 aromatic rings. The van der Waals surface area contributed by atoms with Gasteiger partial charge in [0.15, 0.2) is 24.8 Å². The van der Waals surface area contributed by atoms with Crippen LogP contribution in [0.25, 0.3) is 0 Å². The molecule has 32 heteroatoms. The largest absolute Gasteiger partial charge is 0.466 e. The van der Waals surface area contributed by atoms with Crippen LogP contribution in [0, 0.1) is 0 Å². The number of aliphatic hydroxyl groups is 16. The van der Waals surface area contributed by atoms with Gasteiger partial charge in [-0.25, -0.2) is 4.79 Å². The van der Waals surface area contributed by atoms with Gasteiger partial charge >= 0.3 is 11.9 Å². The molecule has 0 spiro atoms. The molecule has 2 saturated heterocycles. The van der Waals surface area contributed by atoms with Crippen molar-refractivity contribution in [1.82, 2.24) is 20.9 Å². The van der Waals surface area contributed by atoms with Gasteiger partial charge in [0, 0.05) is 45.4 Å². The molecule has 2 rings (SSSR count). The summed E-state index contributed by atoms with van der Waals surface area (Å²) in [5.74, 6) is -5.12. The number of nitrogens with one attached hydrogen (secondary N) is 3. The lowest BCUT2D eigenvalue weighted by atomic mass is 9.98. The lowest BCUT2D eigenvalue weighted by molar-refractivity contribution is -0.326. The molecule has 0 bridgehead atoms. The number of esters is 2. The summed E-state index contributed by atoms with van der Waals surface area (Å²) in [6, 6.07) is -1.20. The van der Waals surface area contributed by atoms with E-state index in [4.69, 9.17) is 28.4 Å². The van der Waals surface area contributed by atoms with Crippen LogP contribution in [0.2, 0.25) is 0 Å². The molecule has 32 nitrogen and oxygen atoms in total. The second kappa shape index (κ2) is 61.5. The van der Waals surface area contributed by atoms with E-state index in [0.717, 1.165) is 51.4 Å².